The summed E-state index contributed by atoms with van der Waals surface area (Å²) in [4.78, 5) is 14.2. The van der Waals surface area contributed by atoms with E-state index in [9.17, 15) is 4.79 Å². The number of piperidine rings is 1. The highest BCUT2D eigenvalue weighted by Gasteiger charge is 2.17. The molecule has 5 heteroatoms. The van der Waals surface area contributed by atoms with Crippen LogP contribution in [0.25, 0.3) is 0 Å². The van der Waals surface area contributed by atoms with Gasteiger partial charge in [-0.2, -0.15) is 0 Å². The molecule has 0 bridgehead atoms. The first-order chi connectivity index (χ1) is 9.77. The van der Waals surface area contributed by atoms with Crippen molar-refractivity contribution < 1.29 is 14.3 Å². The van der Waals surface area contributed by atoms with Crippen molar-refractivity contribution in [1.29, 1.82) is 0 Å². The molecule has 1 aliphatic heterocycles. The van der Waals surface area contributed by atoms with Crippen LogP contribution < -0.4 is 5.32 Å². The topological polar surface area (TPSA) is 50.8 Å². The van der Waals surface area contributed by atoms with E-state index in [0.717, 1.165) is 32.5 Å². The van der Waals surface area contributed by atoms with Crippen LogP contribution in [-0.2, 0) is 14.3 Å². The molecule has 118 valence electrons. The van der Waals surface area contributed by atoms with E-state index in [2.05, 4.69) is 5.32 Å². The van der Waals surface area contributed by atoms with Crippen LogP contribution in [0.4, 0.5) is 0 Å². The van der Waals surface area contributed by atoms with Crippen LogP contribution in [0.1, 0.15) is 32.1 Å². The fourth-order valence-electron chi connectivity index (χ4n) is 2.62. The van der Waals surface area contributed by atoms with Gasteiger partial charge in [-0.1, -0.05) is 0 Å². The third-order valence-corrected chi connectivity index (χ3v) is 3.92. The second kappa shape index (κ2) is 11.1. The zero-order valence-electron chi connectivity index (χ0n) is 13.0. The molecule has 1 fully saturated rings. The number of carbonyl (C=O) groups is 1. The zero-order chi connectivity index (χ0) is 14.6. The molecule has 0 aromatic carbocycles. The molecule has 5 nitrogen and oxygen atoms in total. The first kappa shape index (κ1) is 17.4. The number of methoxy groups -OCH3 is 2. The number of hydrogen-bond donors (Lipinski definition) is 1. The van der Waals surface area contributed by atoms with Crippen LogP contribution in [0.2, 0.25) is 0 Å². The maximum Gasteiger partial charge on any atom is 0.222 e. The fourth-order valence-corrected chi connectivity index (χ4v) is 2.62. The van der Waals surface area contributed by atoms with Gasteiger partial charge in [0.1, 0.15) is 0 Å². The molecule has 0 aliphatic carbocycles. The Hall–Kier alpha value is -0.650. The van der Waals surface area contributed by atoms with Gasteiger partial charge in [0.25, 0.3) is 0 Å². The van der Waals surface area contributed by atoms with Crippen LogP contribution in [-0.4, -0.2) is 64.4 Å². The molecular weight excluding hydrogens is 256 g/mol. The van der Waals surface area contributed by atoms with E-state index in [1.54, 1.807) is 14.2 Å². The van der Waals surface area contributed by atoms with E-state index in [1.165, 1.54) is 12.8 Å². The van der Waals surface area contributed by atoms with Gasteiger partial charge in [-0.3, -0.25) is 4.79 Å². The van der Waals surface area contributed by atoms with Gasteiger partial charge >= 0.3 is 0 Å². The van der Waals surface area contributed by atoms with Gasteiger partial charge in [-0.15, -0.1) is 0 Å². The second-order valence-corrected chi connectivity index (χ2v) is 5.45. The normalized spacial score (nSPS) is 16.3. The first-order valence-corrected chi connectivity index (χ1v) is 7.74. The molecule has 20 heavy (non-hydrogen) atoms. The van der Waals surface area contributed by atoms with Crippen LogP contribution in [0, 0.1) is 5.92 Å². The SMILES string of the molecule is COCCCN(CCOC)C(=O)CCC1CCNCC1. The van der Waals surface area contributed by atoms with Crippen molar-refractivity contribution in [3.8, 4) is 0 Å². The monoisotopic (exact) mass is 286 g/mol. The Kier molecular flexibility index (Phi) is 9.62. The molecule has 0 aromatic rings. The van der Waals surface area contributed by atoms with Crippen LogP contribution in [0.3, 0.4) is 0 Å². The average Bonchev–Trinajstić information content (AvgIpc) is 2.49. The quantitative estimate of drug-likeness (QED) is 0.615. The molecule has 0 spiro atoms. The summed E-state index contributed by atoms with van der Waals surface area (Å²) >= 11 is 0. The predicted molar refractivity (Wildman–Crippen MR) is 79.8 cm³/mol. The molecule has 0 unspecified atom stereocenters. The Morgan fingerprint density at radius 2 is 1.85 bits per heavy atom. The maximum atomic E-state index is 12.3. The van der Waals surface area contributed by atoms with Gasteiger partial charge in [-0.05, 0) is 44.7 Å². The molecule has 1 aliphatic rings. The first-order valence-electron chi connectivity index (χ1n) is 7.74. The van der Waals surface area contributed by atoms with Crippen LogP contribution in [0.15, 0.2) is 0 Å². The summed E-state index contributed by atoms with van der Waals surface area (Å²) in [6, 6.07) is 0. The highest BCUT2D eigenvalue weighted by atomic mass is 16.5. The van der Waals surface area contributed by atoms with Gasteiger partial charge < -0.3 is 19.7 Å². The highest BCUT2D eigenvalue weighted by Crippen LogP contribution is 2.18. The summed E-state index contributed by atoms with van der Waals surface area (Å²) in [5.74, 6) is 0.972. The van der Waals surface area contributed by atoms with E-state index in [1.807, 2.05) is 4.90 Å². The summed E-state index contributed by atoms with van der Waals surface area (Å²) < 4.78 is 10.1. The number of ether oxygens (including phenoxy) is 2. The van der Waals surface area contributed by atoms with E-state index in [4.69, 9.17) is 9.47 Å². The number of carbonyl (C=O) groups excluding carboxylic acids is 1. The molecule has 0 aromatic heterocycles. The molecule has 1 heterocycles. The van der Waals surface area contributed by atoms with Gasteiger partial charge in [0.05, 0.1) is 6.61 Å². The largest absolute Gasteiger partial charge is 0.385 e. The number of rotatable bonds is 10. The minimum atomic E-state index is 0.261. The Balaban J connectivity index is 2.28. The van der Waals surface area contributed by atoms with Crippen LogP contribution in [0.5, 0.6) is 0 Å². The summed E-state index contributed by atoms with van der Waals surface area (Å²) in [5, 5.41) is 3.36. The third-order valence-electron chi connectivity index (χ3n) is 3.92. The van der Waals surface area contributed by atoms with E-state index in [-0.39, 0.29) is 5.91 Å². The van der Waals surface area contributed by atoms with Crippen molar-refractivity contribution in [2.45, 2.75) is 32.1 Å². The minimum Gasteiger partial charge on any atom is -0.385 e. The fraction of sp³-hybridized carbons (Fsp3) is 0.933. The Morgan fingerprint density at radius 3 is 2.50 bits per heavy atom. The number of amides is 1. The van der Waals surface area contributed by atoms with E-state index >= 15 is 0 Å². The lowest BCUT2D eigenvalue weighted by Gasteiger charge is -2.25. The molecule has 1 amide bonds. The van der Waals surface area contributed by atoms with Crippen molar-refractivity contribution in [3.63, 3.8) is 0 Å². The second-order valence-electron chi connectivity index (χ2n) is 5.45. The Bertz CT molecular complexity index is 256. The van der Waals surface area contributed by atoms with Crippen molar-refractivity contribution in [2.75, 3.05) is 53.6 Å². The summed E-state index contributed by atoms with van der Waals surface area (Å²) in [6.07, 6.45) is 4.99. The highest BCUT2D eigenvalue weighted by molar-refractivity contribution is 5.76. The maximum absolute atomic E-state index is 12.3. The van der Waals surface area contributed by atoms with Gasteiger partial charge in [0.15, 0.2) is 0 Å². The summed E-state index contributed by atoms with van der Waals surface area (Å²) in [7, 11) is 3.37. The lowest BCUT2D eigenvalue weighted by Crippen LogP contribution is -2.36. The minimum absolute atomic E-state index is 0.261. The smallest absolute Gasteiger partial charge is 0.222 e. The van der Waals surface area contributed by atoms with Crippen molar-refractivity contribution in [3.05, 3.63) is 0 Å². The number of nitrogens with one attached hydrogen (secondary N) is 1. The molecule has 1 rings (SSSR count). The van der Waals surface area contributed by atoms with E-state index < -0.39 is 0 Å². The molecule has 0 saturated carbocycles. The van der Waals surface area contributed by atoms with Crippen LogP contribution >= 0.6 is 0 Å². The number of hydrogen-bond acceptors (Lipinski definition) is 4. The Morgan fingerprint density at radius 1 is 1.15 bits per heavy atom. The zero-order valence-corrected chi connectivity index (χ0v) is 13.0. The molecule has 1 N–H and O–H groups in total. The summed E-state index contributed by atoms with van der Waals surface area (Å²) in [6.45, 7) is 4.95. The van der Waals surface area contributed by atoms with Crippen molar-refractivity contribution in [2.24, 2.45) is 5.92 Å². The molecule has 0 radical (unpaired) electrons. The molecular formula is C15H30N2O3. The van der Waals surface area contributed by atoms with E-state index in [0.29, 0.717) is 32.1 Å². The third kappa shape index (κ3) is 7.22. The predicted octanol–water partition coefficient (Wildman–Crippen LogP) is 1.28. The van der Waals surface area contributed by atoms with Gasteiger partial charge in [0, 0.05) is 40.3 Å². The van der Waals surface area contributed by atoms with Crippen molar-refractivity contribution >= 4 is 5.91 Å². The molecule has 1 saturated heterocycles. The lowest BCUT2D eigenvalue weighted by atomic mass is 9.93. The Labute approximate surface area is 123 Å². The molecule has 0 atom stereocenters. The van der Waals surface area contributed by atoms with Gasteiger partial charge in [-0.25, -0.2) is 0 Å². The lowest BCUT2D eigenvalue weighted by molar-refractivity contribution is -0.132. The standard InChI is InChI=1S/C15H30N2O3/c1-19-12-3-10-17(11-13-20-2)15(18)5-4-14-6-8-16-9-7-14/h14,16H,3-13H2,1-2H3. The van der Waals surface area contributed by atoms with Gasteiger partial charge in [0.2, 0.25) is 5.91 Å². The van der Waals surface area contributed by atoms with Crippen molar-refractivity contribution in [1.82, 2.24) is 10.2 Å². The number of nitrogens with zero attached hydrogens (tertiary/aromatic N) is 1. The summed E-state index contributed by atoms with van der Waals surface area (Å²) in [5.41, 5.74) is 0. The average molecular weight is 286 g/mol.